The van der Waals surface area contributed by atoms with Gasteiger partial charge in [0.15, 0.2) is 5.78 Å². The Morgan fingerprint density at radius 1 is 1.25 bits per heavy atom. The van der Waals surface area contributed by atoms with Crippen molar-refractivity contribution in [2.45, 2.75) is 6.42 Å². The molecule has 0 bridgehead atoms. The van der Waals surface area contributed by atoms with Gasteiger partial charge in [-0.15, -0.1) is 11.3 Å². The highest BCUT2D eigenvalue weighted by Gasteiger charge is 2.10. The van der Waals surface area contributed by atoms with Crippen LogP contribution in [-0.2, 0) is 6.42 Å². The Morgan fingerprint density at radius 2 is 1.94 bits per heavy atom. The van der Waals surface area contributed by atoms with Crippen molar-refractivity contribution in [3.8, 4) is 0 Å². The molecule has 0 aliphatic rings. The van der Waals surface area contributed by atoms with Gasteiger partial charge in [0.1, 0.15) is 0 Å². The second-order valence-electron chi connectivity index (χ2n) is 3.41. The fourth-order valence-electron chi connectivity index (χ4n) is 1.37. The molecule has 0 saturated carbocycles. The highest BCUT2D eigenvalue weighted by Crippen LogP contribution is 2.24. The maximum atomic E-state index is 11.9. The number of ketones is 1. The van der Waals surface area contributed by atoms with Crippen molar-refractivity contribution in [2.75, 3.05) is 5.73 Å². The van der Waals surface area contributed by atoms with Gasteiger partial charge in [-0.25, -0.2) is 0 Å². The van der Waals surface area contributed by atoms with E-state index in [0.29, 0.717) is 17.7 Å². The number of carbonyl (C=O) groups is 1. The van der Waals surface area contributed by atoms with Crippen LogP contribution in [0.15, 0.2) is 40.2 Å². The summed E-state index contributed by atoms with van der Waals surface area (Å²) >= 11 is 5.00. The number of benzene rings is 1. The number of nitrogen functional groups attached to an aromatic ring is 1. The van der Waals surface area contributed by atoms with Crippen molar-refractivity contribution in [3.63, 3.8) is 0 Å². The lowest BCUT2D eigenvalue weighted by atomic mass is 10.1. The van der Waals surface area contributed by atoms with E-state index in [1.807, 2.05) is 11.4 Å². The summed E-state index contributed by atoms with van der Waals surface area (Å²) in [5.41, 5.74) is 6.95. The van der Waals surface area contributed by atoms with Gasteiger partial charge in [-0.2, -0.15) is 0 Å². The highest BCUT2D eigenvalue weighted by atomic mass is 79.9. The number of carbonyl (C=O) groups excluding carboxylic acids is 1. The summed E-state index contributed by atoms with van der Waals surface area (Å²) in [7, 11) is 0. The minimum atomic E-state index is 0.114. The van der Waals surface area contributed by atoms with Gasteiger partial charge in [-0.1, -0.05) is 0 Å². The molecule has 0 atom stereocenters. The fourth-order valence-corrected chi connectivity index (χ4v) is 2.86. The lowest BCUT2D eigenvalue weighted by Crippen LogP contribution is -2.02. The van der Waals surface area contributed by atoms with E-state index in [4.69, 9.17) is 5.73 Å². The Morgan fingerprint density at radius 3 is 2.50 bits per heavy atom. The summed E-state index contributed by atoms with van der Waals surface area (Å²) in [4.78, 5) is 13.0. The summed E-state index contributed by atoms with van der Waals surface area (Å²) < 4.78 is 1.00. The van der Waals surface area contributed by atoms with Crippen molar-refractivity contribution in [1.29, 1.82) is 0 Å². The van der Waals surface area contributed by atoms with Crippen LogP contribution in [0.2, 0.25) is 0 Å². The minimum absolute atomic E-state index is 0.114. The number of rotatable bonds is 3. The van der Waals surface area contributed by atoms with Crippen LogP contribution in [-0.4, -0.2) is 5.78 Å². The van der Waals surface area contributed by atoms with Gasteiger partial charge in [0.2, 0.25) is 0 Å². The molecule has 0 unspecified atom stereocenters. The summed E-state index contributed by atoms with van der Waals surface area (Å²) in [5, 5.41) is 1.97. The van der Waals surface area contributed by atoms with Crippen molar-refractivity contribution in [1.82, 2.24) is 0 Å². The third-order valence-corrected chi connectivity index (χ3v) is 4.17. The van der Waals surface area contributed by atoms with Crippen LogP contribution >= 0.6 is 27.3 Å². The molecule has 1 aromatic carbocycles. The second kappa shape index (κ2) is 4.80. The molecule has 2 nitrogen and oxygen atoms in total. The van der Waals surface area contributed by atoms with Crippen LogP contribution < -0.4 is 5.73 Å². The van der Waals surface area contributed by atoms with Gasteiger partial charge in [0.25, 0.3) is 0 Å². The van der Waals surface area contributed by atoms with E-state index < -0.39 is 0 Å². The number of hydrogen-bond acceptors (Lipinski definition) is 3. The first-order valence-electron chi connectivity index (χ1n) is 4.77. The van der Waals surface area contributed by atoms with E-state index in [0.717, 1.165) is 9.35 Å². The first-order chi connectivity index (χ1) is 7.66. The molecule has 2 rings (SSSR count). The van der Waals surface area contributed by atoms with E-state index in [9.17, 15) is 4.79 Å². The number of Topliss-reactive ketones (excluding diaryl/α,β-unsaturated/α-hetero) is 1. The third kappa shape index (κ3) is 2.51. The summed E-state index contributed by atoms with van der Waals surface area (Å²) in [5.74, 6) is 0.114. The second-order valence-corrected chi connectivity index (χ2v) is 5.27. The van der Waals surface area contributed by atoms with Gasteiger partial charge in [-0.05, 0) is 51.6 Å². The molecule has 0 spiro atoms. The molecule has 0 saturated heterocycles. The standard InChI is InChI=1S/C12H10BrNOS/c13-10-5-6-16-12(10)7-11(15)8-1-3-9(14)4-2-8/h1-6H,7,14H2. The molecule has 0 aliphatic carbocycles. The molecule has 0 amide bonds. The molecule has 1 aromatic heterocycles. The van der Waals surface area contributed by atoms with Gasteiger partial charge in [0, 0.05) is 27.0 Å². The van der Waals surface area contributed by atoms with Crippen molar-refractivity contribution < 1.29 is 4.79 Å². The summed E-state index contributed by atoms with van der Waals surface area (Å²) in [6.07, 6.45) is 0.433. The van der Waals surface area contributed by atoms with E-state index in [1.165, 1.54) is 0 Å². The Balaban J connectivity index is 2.15. The normalized spacial score (nSPS) is 10.3. The molecule has 1 heterocycles. The number of halogens is 1. The summed E-state index contributed by atoms with van der Waals surface area (Å²) in [6, 6.07) is 8.97. The summed E-state index contributed by atoms with van der Waals surface area (Å²) in [6.45, 7) is 0. The van der Waals surface area contributed by atoms with Gasteiger partial charge in [0.05, 0.1) is 0 Å². The average Bonchev–Trinajstić information content (AvgIpc) is 2.65. The zero-order valence-corrected chi connectivity index (χ0v) is 10.8. The lowest BCUT2D eigenvalue weighted by molar-refractivity contribution is 0.0993. The first kappa shape index (κ1) is 11.4. The molecule has 4 heteroatoms. The number of hydrogen-bond donors (Lipinski definition) is 1. The Kier molecular flexibility index (Phi) is 3.41. The maximum absolute atomic E-state index is 11.9. The molecule has 0 fully saturated rings. The molecule has 2 aromatic rings. The van der Waals surface area contributed by atoms with Crippen LogP contribution in [0.25, 0.3) is 0 Å². The predicted molar refractivity (Wildman–Crippen MR) is 70.9 cm³/mol. The maximum Gasteiger partial charge on any atom is 0.168 e. The van der Waals surface area contributed by atoms with E-state index >= 15 is 0 Å². The quantitative estimate of drug-likeness (QED) is 0.695. The largest absolute Gasteiger partial charge is 0.399 e. The van der Waals surface area contributed by atoms with Crippen LogP contribution in [0.3, 0.4) is 0 Å². The molecule has 2 N–H and O–H groups in total. The molecular formula is C12H10BrNOS. The zero-order chi connectivity index (χ0) is 11.5. The van der Waals surface area contributed by atoms with Crippen LogP contribution in [0.1, 0.15) is 15.2 Å². The van der Waals surface area contributed by atoms with Gasteiger partial charge >= 0.3 is 0 Å². The van der Waals surface area contributed by atoms with Crippen molar-refractivity contribution >= 4 is 38.7 Å². The van der Waals surface area contributed by atoms with Crippen LogP contribution in [0.4, 0.5) is 5.69 Å². The lowest BCUT2D eigenvalue weighted by Gasteiger charge is -2.00. The van der Waals surface area contributed by atoms with Crippen LogP contribution in [0.5, 0.6) is 0 Å². The van der Waals surface area contributed by atoms with E-state index in [2.05, 4.69) is 15.9 Å². The first-order valence-corrected chi connectivity index (χ1v) is 6.44. The Bertz CT molecular complexity index is 504. The van der Waals surface area contributed by atoms with Crippen LogP contribution in [0, 0.1) is 0 Å². The van der Waals surface area contributed by atoms with Gasteiger partial charge in [-0.3, -0.25) is 4.79 Å². The smallest absolute Gasteiger partial charge is 0.168 e. The predicted octanol–water partition coefficient (Wildman–Crippen LogP) is 3.52. The monoisotopic (exact) mass is 295 g/mol. The van der Waals surface area contributed by atoms with E-state index in [-0.39, 0.29) is 5.78 Å². The number of thiophene rings is 1. The molecule has 82 valence electrons. The average molecular weight is 296 g/mol. The SMILES string of the molecule is Nc1ccc(C(=O)Cc2sccc2Br)cc1. The van der Waals surface area contributed by atoms with Crippen molar-refractivity contribution in [3.05, 3.63) is 50.6 Å². The topological polar surface area (TPSA) is 43.1 Å². The van der Waals surface area contributed by atoms with E-state index in [1.54, 1.807) is 35.6 Å². The zero-order valence-electron chi connectivity index (χ0n) is 8.44. The number of nitrogens with two attached hydrogens (primary N) is 1. The number of anilines is 1. The third-order valence-electron chi connectivity index (χ3n) is 2.24. The minimum Gasteiger partial charge on any atom is -0.399 e. The van der Waals surface area contributed by atoms with Gasteiger partial charge < -0.3 is 5.73 Å². The highest BCUT2D eigenvalue weighted by molar-refractivity contribution is 9.10. The Hall–Kier alpha value is -1.13. The molecule has 16 heavy (non-hydrogen) atoms. The molecule has 0 aliphatic heterocycles. The van der Waals surface area contributed by atoms with Crippen molar-refractivity contribution in [2.24, 2.45) is 0 Å². The fraction of sp³-hybridized carbons (Fsp3) is 0.0833. The molecule has 0 radical (unpaired) electrons. The molecular weight excluding hydrogens is 286 g/mol. The Labute approximate surface area is 106 Å².